The van der Waals surface area contributed by atoms with Crippen molar-refractivity contribution in [2.24, 2.45) is 0 Å². The van der Waals surface area contributed by atoms with Crippen LogP contribution in [0.1, 0.15) is 25.3 Å². The molecule has 23 heavy (non-hydrogen) atoms. The van der Waals surface area contributed by atoms with Crippen LogP contribution in [-0.4, -0.2) is 4.98 Å². The van der Waals surface area contributed by atoms with Crippen LogP contribution < -0.4 is 0 Å². The molecule has 3 aromatic rings. The Balaban J connectivity index is 2.25. The number of hydrogen-bond acceptors (Lipinski definition) is 2. The van der Waals surface area contributed by atoms with Crippen molar-refractivity contribution < 1.29 is 26.4 Å². The van der Waals surface area contributed by atoms with Crippen molar-refractivity contribution in [2.45, 2.75) is 19.8 Å². The van der Waals surface area contributed by atoms with Gasteiger partial charge in [0.15, 0.2) is 28.9 Å². The van der Waals surface area contributed by atoms with E-state index in [0.717, 1.165) is 5.56 Å². The minimum absolute atomic E-state index is 0.175. The van der Waals surface area contributed by atoms with E-state index >= 15 is 0 Å². The minimum Gasteiger partial charge on any atom is -0.436 e. The lowest BCUT2D eigenvalue weighted by atomic mass is 10.0. The number of oxazole rings is 1. The van der Waals surface area contributed by atoms with Crippen LogP contribution in [0.3, 0.4) is 0 Å². The van der Waals surface area contributed by atoms with Crippen LogP contribution in [0.25, 0.3) is 22.6 Å². The summed E-state index contributed by atoms with van der Waals surface area (Å²) in [5, 5.41) is 0. The maximum atomic E-state index is 13.8. The third-order valence-corrected chi connectivity index (χ3v) is 3.50. The second-order valence-corrected chi connectivity index (χ2v) is 5.35. The second-order valence-electron chi connectivity index (χ2n) is 5.35. The molecule has 0 fully saturated rings. The molecule has 0 N–H and O–H groups in total. The van der Waals surface area contributed by atoms with E-state index in [-0.39, 0.29) is 17.0 Å². The molecule has 1 aromatic heterocycles. The Morgan fingerprint density at radius 3 is 2.00 bits per heavy atom. The van der Waals surface area contributed by atoms with Crippen LogP contribution in [0.5, 0.6) is 0 Å². The Kier molecular flexibility index (Phi) is 3.58. The van der Waals surface area contributed by atoms with Gasteiger partial charge in [0, 0.05) is 0 Å². The van der Waals surface area contributed by atoms with Crippen molar-refractivity contribution in [3.05, 3.63) is 52.8 Å². The summed E-state index contributed by atoms with van der Waals surface area (Å²) in [7, 11) is 0. The van der Waals surface area contributed by atoms with E-state index in [1.807, 2.05) is 13.8 Å². The monoisotopic (exact) mass is 327 g/mol. The molecule has 2 aromatic carbocycles. The molecule has 1 heterocycles. The lowest BCUT2D eigenvalue weighted by molar-refractivity contribution is 0.379. The van der Waals surface area contributed by atoms with Gasteiger partial charge in [0.2, 0.25) is 11.7 Å². The van der Waals surface area contributed by atoms with Crippen LogP contribution >= 0.6 is 0 Å². The third kappa shape index (κ3) is 2.36. The van der Waals surface area contributed by atoms with Gasteiger partial charge in [-0.15, -0.1) is 0 Å². The molecule has 0 bridgehead atoms. The van der Waals surface area contributed by atoms with Gasteiger partial charge in [-0.3, -0.25) is 0 Å². The Morgan fingerprint density at radius 2 is 1.43 bits per heavy atom. The summed E-state index contributed by atoms with van der Waals surface area (Å²) in [6, 6.07) is 4.91. The molecule has 120 valence electrons. The van der Waals surface area contributed by atoms with Crippen molar-refractivity contribution in [1.29, 1.82) is 0 Å². The highest BCUT2D eigenvalue weighted by atomic mass is 19.2. The van der Waals surface area contributed by atoms with Gasteiger partial charge in [0.25, 0.3) is 0 Å². The zero-order valence-electron chi connectivity index (χ0n) is 12.1. The third-order valence-electron chi connectivity index (χ3n) is 3.50. The van der Waals surface area contributed by atoms with Crippen LogP contribution in [0.4, 0.5) is 22.0 Å². The fraction of sp³-hybridized carbons (Fsp3) is 0.188. The highest BCUT2D eigenvalue weighted by molar-refractivity contribution is 5.77. The fourth-order valence-corrected chi connectivity index (χ4v) is 2.20. The molecule has 0 aliphatic carbocycles. The molecule has 0 aliphatic rings. The van der Waals surface area contributed by atoms with Gasteiger partial charge in [-0.2, -0.15) is 0 Å². The first kappa shape index (κ1) is 15.5. The normalized spacial score (nSPS) is 11.7. The minimum atomic E-state index is -2.22. The molecule has 0 aliphatic heterocycles. The molecule has 2 nitrogen and oxygen atoms in total. The maximum Gasteiger partial charge on any atom is 0.233 e. The molecule has 0 saturated heterocycles. The summed E-state index contributed by atoms with van der Waals surface area (Å²) in [4.78, 5) is 3.86. The van der Waals surface area contributed by atoms with E-state index in [9.17, 15) is 22.0 Å². The molecular weight excluding hydrogens is 317 g/mol. The van der Waals surface area contributed by atoms with Gasteiger partial charge in [-0.05, 0) is 23.6 Å². The lowest BCUT2D eigenvalue weighted by Crippen LogP contribution is -2.04. The zero-order chi connectivity index (χ0) is 16.9. The zero-order valence-corrected chi connectivity index (χ0v) is 12.1. The van der Waals surface area contributed by atoms with E-state index < -0.39 is 40.5 Å². The van der Waals surface area contributed by atoms with Gasteiger partial charge in [-0.25, -0.2) is 26.9 Å². The molecule has 0 unspecified atom stereocenters. The Bertz CT molecular complexity index is 887. The quantitative estimate of drug-likeness (QED) is 0.362. The standard InChI is InChI=1S/C16H10F5NO/c1-6(2)7-3-4-9-8(5-7)22-16(23-9)10-11(17)13(19)15(21)14(20)12(10)18/h3-6H,1-2H3. The van der Waals surface area contributed by atoms with Crippen LogP contribution in [0, 0.1) is 29.1 Å². The maximum absolute atomic E-state index is 13.8. The molecule has 0 amide bonds. The first-order chi connectivity index (χ1) is 10.8. The SMILES string of the molecule is CC(C)c1ccc2oc(-c3c(F)c(F)c(F)c(F)c3F)nc2c1. The number of nitrogens with zero attached hydrogens (tertiary/aromatic N) is 1. The highest BCUT2D eigenvalue weighted by Gasteiger charge is 2.29. The topological polar surface area (TPSA) is 26.0 Å². The Hall–Kier alpha value is -2.44. The molecule has 0 atom stereocenters. The predicted octanol–water partition coefficient (Wildman–Crippen LogP) is 5.31. The van der Waals surface area contributed by atoms with Crippen LogP contribution in [0.2, 0.25) is 0 Å². The fourth-order valence-electron chi connectivity index (χ4n) is 2.20. The van der Waals surface area contributed by atoms with Crippen molar-refractivity contribution in [3.63, 3.8) is 0 Å². The number of rotatable bonds is 2. The lowest BCUT2D eigenvalue weighted by Gasteiger charge is -2.04. The molecule has 7 heteroatoms. The molecule has 0 saturated carbocycles. The number of hydrogen-bond donors (Lipinski definition) is 0. The van der Waals surface area contributed by atoms with E-state index in [0.29, 0.717) is 0 Å². The molecule has 3 rings (SSSR count). The second kappa shape index (κ2) is 5.33. The van der Waals surface area contributed by atoms with E-state index in [2.05, 4.69) is 4.98 Å². The number of fused-ring (bicyclic) bond motifs is 1. The van der Waals surface area contributed by atoms with Gasteiger partial charge < -0.3 is 4.42 Å². The van der Waals surface area contributed by atoms with E-state index in [4.69, 9.17) is 4.42 Å². The first-order valence-electron chi connectivity index (χ1n) is 6.73. The van der Waals surface area contributed by atoms with Crippen LogP contribution in [-0.2, 0) is 0 Å². The molecule has 0 spiro atoms. The summed E-state index contributed by atoms with van der Waals surface area (Å²) < 4.78 is 72.4. The summed E-state index contributed by atoms with van der Waals surface area (Å²) in [5.41, 5.74) is 0.182. The predicted molar refractivity (Wildman–Crippen MR) is 73.3 cm³/mol. The van der Waals surface area contributed by atoms with Crippen molar-refractivity contribution in [2.75, 3.05) is 0 Å². The number of aromatic nitrogens is 1. The summed E-state index contributed by atoms with van der Waals surface area (Å²) in [6.07, 6.45) is 0. The average Bonchev–Trinajstić information content (AvgIpc) is 2.93. The van der Waals surface area contributed by atoms with Gasteiger partial charge in [0.05, 0.1) is 0 Å². The van der Waals surface area contributed by atoms with Gasteiger partial charge in [0.1, 0.15) is 11.1 Å². The number of benzene rings is 2. The highest BCUT2D eigenvalue weighted by Crippen LogP contribution is 2.33. The van der Waals surface area contributed by atoms with Crippen molar-refractivity contribution in [3.8, 4) is 11.5 Å². The molecule has 0 radical (unpaired) electrons. The Labute approximate surface area is 127 Å². The van der Waals surface area contributed by atoms with E-state index in [1.165, 1.54) is 6.07 Å². The average molecular weight is 327 g/mol. The van der Waals surface area contributed by atoms with Crippen LogP contribution in [0.15, 0.2) is 22.6 Å². The summed E-state index contributed by atoms with van der Waals surface area (Å²) in [5.74, 6) is -10.7. The summed E-state index contributed by atoms with van der Waals surface area (Å²) >= 11 is 0. The molecular formula is C16H10F5NO. The smallest absolute Gasteiger partial charge is 0.233 e. The largest absolute Gasteiger partial charge is 0.436 e. The van der Waals surface area contributed by atoms with Gasteiger partial charge >= 0.3 is 0 Å². The van der Waals surface area contributed by atoms with E-state index in [1.54, 1.807) is 12.1 Å². The first-order valence-corrected chi connectivity index (χ1v) is 6.73. The van der Waals surface area contributed by atoms with Crippen molar-refractivity contribution in [1.82, 2.24) is 4.98 Å². The Morgan fingerprint density at radius 1 is 0.870 bits per heavy atom. The van der Waals surface area contributed by atoms with Crippen molar-refractivity contribution >= 4 is 11.1 Å². The number of halogens is 5. The van der Waals surface area contributed by atoms with Gasteiger partial charge in [-0.1, -0.05) is 19.9 Å². The summed E-state index contributed by atoms with van der Waals surface area (Å²) in [6.45, 7) is 3.87.